The van der Waals surface area contributed by atoms with Crippen molar-refractivity contribution in [3.63, 3.8) is 0 Å². The Morgan fingerprint density at radius 2 is 1.55 bits per heavy atom. The van der Waals surface area contributed by atoms with Gasteiger partial charge < -0.3 is 14.6 Å². The zero-order valence-corrected chi connectivity index (χ0v) is 18.9. The SMILES string of the molecule is CCOc1ccc(/C(O)=C2\C(=O)C(=O)N(c3ccc(OC)cc3)C2c2ccc(Cl)cc2)cc1. The van der Waals surface area contributed by atoms with Crippen LogP contribution in [0, 0.1) is 0 Å². The Bertz CT molecular complexity index is 1200. The molecule has 4 rings (SSSR count). The summed E-state index contributed by atoms with van der Waals surface area (Å²) in [6, 6.07) is 19.5. The van der Waals surface area contributed by atoms with Gasteiger partial charge in [-0.2, -0.15) is 0 Å². The number of aliphatic hydroxyl groups is 1. The molecule has 1 fully saturated rings. The van der Waals surface area contributed by atoms with Gasteiger partial charge in [-0.25, -0.2) is 0 Å². The van der Waals surface area contributed by atoms with Crippen LogP contribution in [0.2, 0.25) is 5.02 Å². The van der Waals surface area contributed by atoms with Gasteiger partial charge in [0.15, 0.2) is 0 Å². The highest BCUT2D eigenvalue weighted by Gasteiger charge is 2.46. The highest BCUT2D eigenvalue weighted by Crippen LogP contribution is 2.42. The van der Waals surface area contributed by atoms with E-state index in [2.05, 4.69) is 0 Å². The fourth-order valence-corrected chi connectivity index (χ4v) is 3.96. The second-order valence-corrected chi connectivity index (χ2v) is 7.81. The van der Waals surface area contributed by atoms with Crippen molar-refractivity contribution in [3.8, 4) is 11.5 Å². The molecular formula is C26H22ClNO5. The van der Waals surface area contributed by atoms with Gasteiger partial charge in [-0.1, -0.05) is 23.7 Å². The predicted molar refractivity (Wildman–Crippen MR) is 127 cm³/mol. The van der Waals surface area contributed by atoms with E-state index in [-0.39, 0.29) is 11.3 Å². The number of halogens is 1. The van der Waals surface area contributed by atoms with Gasteiger partial charge in [0.2, 0.25) is 0 Å². The number of nitrogens with zero attached hydrogens (tertiary/aromatic N) is 1. The van der Waals surface area contributed by atoms with Crippen LogP contribution < -0.4 is 14.4 Å². The third-order valence-electron chi connectivity index (χ3n) is 5.42. The summed E-state index contributed by atoms with van der Waals surface area (Å²) >= 11 is 6.06. The number of hydrogen-bond acceptors (Lipinski definition) is 5. The standard InChI is InChI=1S/C26H22ClNO5/c1-3-33-21-12-6-17(7-13-21)24(29)22-23(16-4-8-18(27)9-5-16)28(26(31)25(22)30)19-10-14-20(32-2)15-11-19/h4-15,23,29H,3H2,1-2H3/b24-22+. The number of amides is 1. The van der Waals surface area contributed by atoms with Crippen molar-refractivity contribution < 1.29 is 24.2 Å². The van der Waals surface area contributed by atoms with Crippen LogP contribution in [-0.4, -0.2) is 30.5 Å². The van der Waals surface area contributed by atoms with Gasteiger partial charge in [0.1, 0.15) is 17.3 Å². The summed E-state index contributed by atoms with van der Waals surface area (Å²) in [6.45, 7) is 2.38. The van der Waals surface area contributed by atoms with E-state index < -0.39 is 17.7 Å². The van der Waals surface area contributed by atoms with E-state index in [4.69, 9.17) is 21.1 Å². The van der Waals surface area contributed by atoms with Crippen molar-refractivity contribution in [3.05, 3.63) is 94.5 Å². The van der Waals surface area contributed by atoms with E-state index in [1.807, 2.05) is 6.92 Å². The lowest BCUT2D eigenvalue weighted by Crippen LogP contribution is -2.29. The Balaban J connectivity index is 1.86. The number of carbonyl (C=O) groups is 2. The molecule has 1 amide bonds. The minimum absolute atomic E-state index is 0.00213. The monoisotopic (exact) mass is 463 g/mol. The highest BCUT2D eigenvalue weighted by atomic mass is 35.5. The number of hydrogen-bond donors (Lipinski definition) is 1. The molecule has 6 nitrogen and oxygen atoms in total. The summed E-state index contributed by atoms with van der Waals surface area (Å²) in [6.07, 6.45) is 0. The van der Waals surface area contributed by atoms with Crippen LogP contribution in [0.4, 0.5) is 5.69 Å². The third-order valence-corrected chi connectivity index (χ3v) is 5.67. The molecule has 168 valence electrons. The maximum absolute atomic E-state index is 13.2. The van der Waals surface area contributed by atoms with Crippen LogP contribution in [0.15, 0.2) is 78.4 Å². The molecule has 7 heteroatoms. The molecule has 0 saturated carbocycles. The maximum Gasteiger partial charge on any atom is 0.300 e. The van der Waals surface area contributed by atoms with Crippen LogP contribution in [0.5, 0.6) is 11.5 Å². The molecule has 0 radical (unpaired) electrons. The van der Waals surface area contributed by atoms with Crippen molar-refractivity contribution in [1.29, 1.82) is 0 Å². The fourth-order valence-electron chi connectivity index (χ4n) is 3.83. The molecule has 0 bridgehead atoms. The zero-order valence-electron chi connectivity index (χ0n) is 18.1. The molecule has 0 spiro atoms. The van der Waals surface area contributed by atoms with Gasteiger partial charge in [-0.05, 0) is 73.2 Å². The second-order valence-electron chi connectivity index (χ2n) is 7.38. The topological polar surface area (TPSA) is 76.1 Å². The summed E-state index contributed by atoms with van der Waals surface area (Å²) < 4.78 is 10.7. The molecule has 1 aliphatic rings. The van der Waals surface area contributed by atoms with Gasteiger partial charge >= 0.3 is 0 Å². The lowest BCUT2D eigenvalue weighted by Gasteiger charge is -2.25. The zero-order chi connectivity index (χ0) is 23.5. The average molecular weight is 464 g/mol. The van der Waals surface area contributed by atoms with Crippen molar-refractivity contribution in [2.24, 2.45) is 0 Å². The normalized spacial score (nSPS) is 17.3. The molecule has 3 aromatic rings. The fraction of sp³-hybridized carbons (Fsp3) is 0.154. The molecule has 1 saturated heterocycles. The largest absolute Gasteiger partial charge is 0.507 e. The first-order valence-corrected chi connectivity index (χ1v) is 10.8. The Hall–Kier alpha value is -3.77. The van der Waals surface area contributed by atoms with Gasteiger partial charge in [0.05, 0.1) is 25.3 Å². The summed E-state index contributed by atoms with van der Waals surface area (Å²) in [5, 5.41) is 11.7. The van der Waals surface area contributed by atoms with Crippen molar-refractivity contribution in [1.82, 2.24) is 0 Å². The molecule has 1 heterocycles. The van der Waals surface area contributed by atoms with Gasteiger partial charge in [-0.3, -0.25) is 14.5 Å². The summed E-state index contributed by atoms with van der Waals surface area (Å²) in [5.41, 5.74) is 1.55. The second kappa shape index (κ2) is 9.38. The van der Waals surface area contributed by atoms with Crippen molar-refractivity contribution in [2.45, 2.75) is 13.0 Å². The molecule has 1 N–H and O–H groups in total. The average Bonchev–Trinajstić information content (AvgIpc) is 3.10. The number of anilines is 1. The summed E-state index contributed by atoms with van der Waals surface area (Å²) in [7, 11) is 1.55. The van der Waals surface area contributed by atoms with E-state index in [0.29, 0.717) is 39.9 Å². The number of benzene rings is 3. The molecule has 1 unspecified atom stereocenters. The molecule has 1 atom stereocenters. The van der Waals surface area contributed by atoms with Gasteiger partial charge in [0.25, 0.3) is 11.7 Å². The summed E-state index contributed by atoms with van der Waals surface area (Å²) in [4.78, 5) is 27.7. The van der Waals surface area contributed by atoms with Crippen LogP contribution >= 0.6 is 11.6 Å². The Labute approximate surface area is 196 Å². The number of aliphatic hydroxyl groups excluding tert-OH is 1. The number of carbonyl (C=O) groups excluding carboxylic acids is 2. The van der Waals surface area contributed by atoms with E-state index in [0.717, 1.165) is 0 Å². The highest BCUT2D eigenvalue weighted by molar-refractivity contribution is 6.51. The number of methoxy groups -OCH3 is 1. The molecule has 33 heavy (non-hydrogen) atoms. The van der Waals surface area contributed by atoms with E-state index in [1.165, 1.54) is 4.90 Å². The molecule has 0 aliphatic carbocycles. The first kappa shape index (κ1) is 22.4. The van der Waals surface area contributed by atoms with Gasteiger partial charge in [0, 0.05) is 16.3 Å². The first-order valence-electron chi connectivity index (χ1n) is 10.4. The van der Waals surface area contributed by atoms with E-state index in [9.17, 15) is 14.7 Å². The van der Waals surface area contributed by atoms with Crippen molar-refractivity contribution in [2.75, 3.05) is 18.6 Å². The molecular weight excluding hydrogens is 442 g/mol. The maximum atomic E-state index is 13.2. The first-order chi connectivity index (χ1) is 15.9. The number of rotatable bonds is 6. The van der Waals surface area contributed by atoms with Crippen LogP contribution in [-0.2, 0) is 9.59 Å². The Kier molecular flexibility index (Phi) is 6.38. The number of Topliss-reactive ketones (excluding diaryl/α,β-unsaturated/α-hetero) is 1. The minimum atomic E-state index is -0.831. The van der Waals surface area contributed by atoms with Crippen LogP contribution in [0.3, 0.4) is 0 Å². The van der Waals surface area contributed by atoms with Crippen LogP contribution in [0.1, 0.15) is 24.1 Å². The molecule has 0 aromatic heterocycles. The third kappa shape index (κ3) is 4.30. The number of ether oxygens (including phenoxy) is 2. The lowest BCUT2D eigenvalue weighted by molar-refractivity contribution is -0.132. The minimum Gasteiger partial charge on any atom is -0.507 e. The van der Waals surface area contributed by atoms with E-state index >= 15 is 0 Å². The van der Waals surface area contributed by atoms with Gasteiger partial charge in [-0.15, -0.1) is 0 Å². The Morgan fingerprint density at radius 1 is 0.939 bits per heavy atom. The number of ketones is 1. The van der Waals surface area contributed by atoms with Crippen molar-refractivity contribution >= 4 is 34.7 Å². The van der Waals surface area contributed by atoms with Crippen LogP contribution in [0.25, 0.3) is 5.76 Å². The van der Waals surface area contributed by atoms with E-state index in [1.54, 1.807) is 79.9 Å². The summed E-state index contributed by atoms with van der Waals surface area (Å²) in [5.74, 6) is -0.494. The molecule has 3 aromatic carbocycles. The smallest absolute Gasteiger partial charge is 0.300 e. The lowest BCUT2D eigenvalue weighted by atomic mass is 9.95. The molecule has 1 aliphatic heterocycles. The Morgan fingerprint density at radius 3 is 2.12 bits per heavy atom. The quantitative estimate of drug-likeness (QED) is 0.302. The predicted octanol–water partition coefficient (Wildman–Crippen LogP) is 5.37.